The Balaban J connectivity index is -0.0000000728. The maximum Gasteiger partial charge on any atom is 0.324 e. The second kappa shape index (κ2) is 26.7. The van der Waals surface area contributed by atoms with Crippen LogP contribution >= 0.6 is 15.2 Å². The van der Waals surface area contributed by atoms with Crippen LogP contribution in [0.2, 0.25) is 0 Å². The van der Waals surface area contributed by atoms with Crippen LogP contribution in [0.1, 0.15) is 48.0 Å². The molecule has 0 aromatic rings. The van der Waals surface area contributed by atoms with Gasteiger partial charge in [0, 0.05) is 39.4 Å². The summed E-state index contributed by atoms with van der Waals surface area (Å²) in [5.74, 6) is 0.255. The molecule has 0 radical (unpaired) electrons. The molecule has 0 saturated heterocycles. The number of amidine groups is 1. The van der Waals surface area contributed by atoms with Crippen LogP contribution in [0, 0.1) is 5.41 Å². The molecular formula is C20H57N4O8P2S+. The predicted octanol–water partition coefficient (Wildman–Crippen LogP) is 2.69. The summed E-state index contributed by atoms with van der Waals surface area (Å²) < 4.78 is 43.8. The van der Waals surface area contributed by atoms with Gasteiger partial charge in [-0.2, -0.15) is 0 Å². The van der Waals surface area contributed by atoms with E-state index in [4.69, 9.17) is 25.8 Å². The van der Waals surface area contributed by atoms with Crippen molar-refractivity contribution in [3.8, 4) is 0 Å². The van der Waals surface area contributed by atoms with Gasteiger partial charge in [0.25, 0.3) is 0 Å². The molecule has 0 spiro atoms. The number of hydrogen-bond acceptors (Lipinski definition) is 7. The Hall–Kier alpha value is -0.360. The lowest BCUT2D eigenvalue weighted by Gasteiger charge is -2.30. The molecule has 0 aliphatic carbocycles. The van der Waals surface area contributed by atoms with Crippen molar-refractivity contribution in [1.82, 2.24) is 4.90 Å². The first kappa shape index (κ1) is 47.8. The van der Waals surface area contributed by atoms with Crippen molar-refractivity contribution in [2.45, 2.75) is 48.0 Å². The van der Waals surface area contributed by atoms with Crippen LogP contribution in [0.3, 0.4) is 0 Å². The van der Waals surface area contributed by atoms with Crippen LogP contribution < -0.4 is 5.73 Å². The highest BCUT2D eigenvalue weighted by molar-refractivity contribution is 7.89. The van der Waals surface area contributed by atoms with E-state index < -0.39 is 25.0 Å². The molecule has 1 unspecified atom stereocenters. The predicted molar refractivity (Wildman–Crippen MR) is 150 cm³/mol. The lowest BCUT2D eigenvalue weighted by atomic mass is 10.4. The first-order valence-electron chi connectivity index (χ1n) is 11.2. The molecule has 1 atom stereocenters. The van der Waals surface area contributed by atoms with E-state index in [9.17, 15) is 17.5 Å². The topological polar surface area (TPSA) is 191 Å². The Morgan fingerprint density at radius 2 is 1.11 bits per heavy atom. The average Bonchev–Trinajstić information content (AvgIpc) is 2.70. The van der Waals surface area contributed by atoms with Gasteiger partial charge >= 0.3 is 15.2 Å². The van der Waals surface area contributed by atoms with Gasteiger partial charge in [0.2, 0.25) is 0 Å². The molecule has 0 rings (SSSR count). The van der Waals surface area contributed by atoms with Crippen molar-refractivity contribution in [3.63, 3.8) is 0 Å². The minimum atomic E-state index is -3.64. The number of hydrogen-bond donors (Lipinski definition) is 5. The molecular weight excluding hydrogens is 518 g/mol. The van der Waals surface area contributed by atoms with Crippen molar-refractivity contribution in [2.24, 2.45) is 5.73 Å². The Labute approximate surface area is 216 Å². The highest BCUT2D eigenvalue weighted by Gasteiger charge is 2.10. The van der Waals surface area contributed by atoms with Crippen LogP contribution in [-0.4, -0.2) is 118 Å². The highest BCUT2D eigenvalue weighted by atomic mass is 32.2. The molecule has 12 nitrogen and oxygen atoms in total. The first-order chi connectivity index (χ1) is 15.3. The quantitative estimate of drug-likeness (QED) is 0.130. The molecule has 15 heteroatoms. The largest absolute Gasteiger partial charge is 0.388 e. The third-order valence-corrected chi connectivity index (χ3v) is 4.77. The second-order valence-electron chi connectivity index (χ2n) is 7.90. The molecule has 0 fully saturated rings. The Morgan fingerprint density at radius 1 is 0.943 bits per heavy atom. The summed E-state index contributed by atoms with van der Waals surface area (Å²) in [6, 6.07) is 0. The SMILES string of the molecule is CCC(=N)N.CCN(C)CC.CC[N+](C)(CC)CC.COP(C)(=O)O.CP(=O)(O)O.CS(C)(=O)=O. The van der Waals surface area contributed by atoms with Gasteiger partial charge in [0.15, 0.2) is 0 Å². The standard InChI is InChI=1S/C7H18N.C5H13N.C3H8N2.C2H7O3P.C2H6O2S.CH5O3P/c1-5-8(4,6-2)7-3;1-4-6(3)5-2;1-2-3(4)5;1-5-6(2,3)4;2*1-5(2,3)4/h5-7H2,1-4H3;4-5H2,1-3H3;2H2,1H3,(H3,4,5);1-2H3,(H,3,4);1-2H3;1H3,(H2,2,3,4)/q+1;;;;;. The molecule has 0 saturated carbocycles. The van der Waals surface area contributed by atoms with Crippen molar-refractivity contribution in [1.29, 1.82) is 5.41 Å². The van der Waals surface area contributed by atoms with Crippen LogP contribution in [0.15, 0.2) is 0 Å². The number of rotatable bonds is 7. The van der Waals surface area contributed by atoms with Crippen molar-refractivity contribution >= 4 is 30.9 Å². The summed E-state index contributed by atoms with van der Waals surface area (Å²) in [4.78, 5) is 25.7. The zero-order chi connectivity index (χ0) is 30.1. The third-order valence-electron chi connectivity index (χ3n) is 4.09. The zero-order valence-electron chi connectivity index (χ0n) is 24.4. The number of nitrogens with one attached hydrogen (secondary N) is 1. The number of nitrogens with two attached hydrogens (primary N) is 1. The maximum atomic E-state index is 9.92. The third kappa shape index (κ3) is 108. The second-order valence-corrected chi connectivity index (χ2v) is 13.8. The fourth-order valence-electron chi connectivity index (χ4n) is 0.894. The van der Waals surface area contributed by atoms with Crippen molar-refractivity contribution < 1.29 is 41.2 Å². The smallest absolute Gasteiger partial charge is 0.324 e. The molecule has 6 N–H and O–H groups in total. The summed E-state index contributed by atoms with van der Waals surface area (Å²) in [5.41, 5.74) is 4.88. The van der Waals surface area contributed by atoms with E-state index >= 15 is 0 Å². The Bertz CT molecular complexity index is 636. The van der Waals surface area contributed by atoms with Gasteiger partial charge in [0.1, 0.15) is 9.84 Å². The van der Waals surface area contributed by atoms with Gasteiger partial charge in [-0.1, -0.05) is 20.8 Å². The Kier molecular flexibility index (Phi) is 36.5. The first-order valence-corrected chi connectivity index (χ1v) is 17.6. The average molecular weight is 576 g/mol. The van der Waals surface area contributed by atoms with Gasteiger partial charge in [-0.05, 0) is 40.9 Å². The monoisotopic (exact) mass is 575 g/mol. The maximum absolute atomic E-state index is 9.92. The van der Waals surface area contributed by atoms with E-state index in [1.807, 2.05) is 6.92 Å². The summed E-state index contributed by atoms with van der Waals surface area (Å²) in [5, 5.41) is 6.52. The molecule has 220 valence electrons. The summed E-state index contributed by atoms with van der Waals surface area (Å²) in [7, 11) is -3.85. The molecule has 0 aliphatic heterocycles. The van der Waals surface area contributed by atoms with Crippen LogP contribution in [0.5, 0.6) is 0 Å². The van der Waals surface area contributed by atoms with E-state index in [0.717, 1.165) is 38.9 Å². The normalized spacial score (nSPS) is 12.3. The molecule has 0 bridgehead atoms. The number of sulfone groups is 1. The van der Waals surface area contributed by atoms with Gasteiger partial charge < -0.3 is 34.3 Å². The summed E-state index contributed by atoms with van der Waals surface area (Å²) in [6.45, 7) is 21.0. The van der Waals surface area contributed by atoms with Gasteiger partial charge in [0.05, 0.1) is 32.5 Å². The fraction of sp³-hybridized carbons (Fsp3) is 0.950. The van der Waals surface area contributed by atoms with Crippen molar-refractivity contribution in [3.05, 3.63) is 0 Å². The minimum absolute atomic E-state index is 0.255. The van der Waals surface area contributed by atoms with E-state index in [1.54, 1.807) is 0 Å². The van der Waals surface area contributed by atoms with Crippen LogP contribution in [0.25, 0.3) is 0 Å². The molecule has 0 aromatic carbocycles. The van der Waals surface area contributed by atoms with E-state index in [1.165, 1.54) is 31.2 Å². The van der Waals surface area contributed by atoms with E-state index in [0.29, 0.717) is 6.42 Å². The van der Waals surface area contributed by atoms with Gasteiger partial charge in [-0.15, -0.1) is 0 Å². The minimum Gasteiger partial charge on any atom is -0.388 e. The van der Waals surface area contributed by atoms with Crippen LogP contribution in [-0.2, 0) is 23.5 Å². The molecule has 35 heavy (non-hydrogen) atoms. The molecule has 0 aliphatic rings. The van der Waals surface area contributed by atoms with E-state index in [2.05, 4.69) is 58.1 Å². The lowest BCUT2D eigenvalue weighted by molar-refractivity contribution is -0.904. The van der Waals surface area contributed by atoms with Gasteiger partial charge in [-0.3, -0.25) is 14.5 Å². The van der Waals surface area contributed by atoms with Crippen LogP contribution in [0.4, 0.5) is 0 Å². The summed E-state index contributed by atoms with van der Waals surface area (Å²) >= 11 is 0. The number of nitrogens with zero attached hydrogens (tertiary/aromatic N) is 2. The van der Waals surface area contributed by atoms with E-state index in [-0.39, 0.29) is 5.84 Å². The lowest BCUT2D eigenvalue weighted by Crippen LogP contribution is -2.42. The van der Waals surface area contributed by atoms with Gasteiger partial charge in [-0.25, -0.2) is 8.42 Å². The van der Waals surface area contributed by atoms with Crippen molar-refractivity contribution in [2.75, 3.05) is 79.8 Å². The number of quaternary nitrogens is 1. The highest BCUT2D eigenvalue weighted by Crippen LogP contribution is 2.34. The Morgan fingerprint density at radius 3 is 1.11 bits per heavy atom. The molecule has 0 heterocycles. The fourth-order valence-corrected chi connectivity index (χ4v) is 0.894. The molecule has 0 amide bonds. The molecule has 0 aromatic heterocycles. The zero-order valence-corrected chi connectivity index (χ0v) is 27.0. The summed E-state index contributed by atoms with van der Waals surface area (Å²) in [6.07, 6.45) is 2.99.